The standard InChI is InChI=1S/C19H19ClN2O3/c1-11-7-8-12(9-14(11)20)22-18(23)21-15-10-19(22,2)25-17-13(15)5-4-6-16(17)24-3/h4-9,15H,10H2,1-3H3,(H,21,23)/t15-,19+/m1/s1. The SMILES string of the molecule is COc1cccc2c1O[C@@]1(C)C[C@H]2NC(=O)N1c1ccc(C)c(Cl)c1. The van der Waals surface area contributed by atoms with Crippen molar-refractivity contribution in [2.75, 3.05) is 12.0 Å². The summed E-state index contributed by atoms with van der Waals surface area (Å²) in [6, 6.07) is 11.0. The monoisotopic (exact) mass is 358 g/mol. The number of aryl methyl sites for hydroxylation is 1. The molecule has 6 heteroatoms. The first-order valence-corrected chi connectivity index (χ1v) is 8.53. The van der Waals surface area contributed by atoms with E-state index in [1.54, 1.807) is 18.1 Å². The van der Waals surface area contributed by atoms with Crippen LogP contribution in [-0.2, 0) is 0 Å². The first-order valence-electron chi connectivity index (χ1n) is 8.16. The highest BCUT2D eigenvalue weighted by Crippen LogP contribution is 2.49. The van der Waals surface area contributed by atoms with E-state index >= 15 is 0 Å². The van der Waals surface area contributed by atoms with Crippen LogP contribution in [0.25, 0.3) is 0 Å². The Kier molecular flexibility index (Phi) is 3.58. The summed E-state index contributed by atoms with van der Waals surface area (Å²) in [6.07, 6.45) is 0.629. The average molecular weight is 359 g/mol. The van der Waals surface area contributed by atoms with Crippen LogP contribution in [0.15, 0.2) is 36.4 Å². The number of para-hydroxylation sites is 1. The van der Waals surface area contributed by atoms with Crippen LogP contribution in [0.4, 0.5) is 10.5 Å². The van der Waals surface area contributed by atoms with Crippen LogP contribution in [-0.4, -0.2) is 18.9 Å². The number of anilines is 1. The summed E-state index contributed by atoms with van der Waals surface area (Å²) in [5, 5.41) is 3.69. The number of carbonyl (C=O) groups excluding carboxylic acids is 1. The normalized spacial score (nSPS) is 24.2. The van der Waals surface area contributed by atoms with E-state index in [1.807, 2.05) is 44.2 Å². The quantitative estimate of drug-likeness (QED) is 0.864. The molecule has 0 aromatic heterocycles. The van der Waals surface area contributed by atoms with E-state index in [2.05, 4.69) is 5.32 Å². The van der Waals surface area contributed by atoms with Crippen molar-refractivity contribution >= 4 is 23.3 Å². The van der Waals surface area contributed by atoms with Gasteiger partial charge in [-0.25, -0.2) is 4.79 Å². The largest absolute Gasteiger partial charge is 0.493 e. The molecule has 0 saturated carbocycles. The number of benzene rings is 2. The molecule has 2 aromatic carbocycles. The molecule has 2 heterocycles. The minimum Gasteiger partial charge on any atom is -0.493 e. The van der Waals surface area contributed by atoms with E-state index in [1.165, 1.54) is 0 Å². The zero-order valence-corrected chi connectivity index (χ0v) is 15.1. The summed E-state index contributed by atoms with van der Waals surface area (Å²) in [4.78, 5) is 14.5. The smallest absolute Gasteiger partial charge is 0.325 e. The molecular weight excluding hydrogens is 340 g/mol. The first-order chi connectivity index (χ1) is 11.9. The van der Waals surface area contributed by atoms with E-state index in [-0.39, 0.29) is 12.1 Å². The maximum Gasteiger partial charge on any atom is 0.325 e. The maximum absolute atomic E-state index is 12.8. The number of rotatable bonds is 2. The van der Waals surface area contributed by atoms with E-state index in [0.29, 0.717) is 28.6 Å². The van der Waals surface area contributed by atoms with E-state index in [0.717, 1.165) is 11.1 Å². The number of amides is 2. The topological polar surface area (TPSA) is 50.8 Å². The van der Waals surface area contributed by atoms with Crippen molar-refractivity contribution in [3.05, 3.63) is 52.5 Å². The summed E-state index contributed by atoms with van der Waals surface area (Å²) < 4.78 is 11.8. The second kappa shape index (κ2) is 5.56. The van der Waals surface area contributed by atoms with E-state index in [4.69, 9.17) is 21.1 Å². The van der Waals surface area contributed by atoms with Gasteiger partial charge < -0.3 is 14.8 Å². The fourth-order valence-electron chi connectivity index (χ4n) is 3.63. The average Bonchev–Trinajstić information content (AvgIpc) is 2.57. The summed E-state index contributed by atoms with van der Waals surface area (Å²) in [7, 11) is 1.61. The number of hydrogen-bond acceptors (Lipinski definition) is 3. The Hall–Kier alpha value is -2.40. The number of fused-ring (bicyclic) bond motifs is 4. The number of nitrogens with one attached hydrogen (secondary N) is 1. The number of ether oxygens (including phenoxy) is 2. The molecule has 0 aliphatic carbocycles. The number of carbonyl (C=O) groups is 1. The van der Waals surface area contributed by atoms with Gasteiger partial charge in [0.25, 0.3) is 0 Å². The van der Waals surface area contributed by atoms with Gasteiger partial charge >= 0.3 is 6.03 Å². The van der Waals surface area contributed by atoms with Gasteiger partial charge in [0, 0.05) is 17.0 Å². The third kappa shape index (κ3) is 2.42. The fourth-order valence-corrected chi connectivity index (χ4v) is 3.81. The molecule has 4 rings (SSSR count). The predicted octanol–water partition coefficient (Wildman–Crippen LogP) is 4.43. The molecule has 5 nitrogen and oxygen atoms in total. The lowest BCUT2D eigenvalue weighted by Crippen LogP contribution is -2.65. The first kappa shape index (κ1) is 16.1. The Labute approximate surface area is 151 Å². The summed E-state index contributed by atoms with van der Waals surface area (Å²) in [5.41, 5.74) is 1.77. The third-order valence-corrected chi connectivity index (χ3v) is 5.30. The van der Waals surface area contributed by atoms with Gasteiger partial charge in [-0.2, -0.15) is 0 Å². The van der Waals surface area contributed by atoms with Crippen LogP contribution in [0.3, 0.4) is 0 Å². The zero-order valence-electron chi connectivity index (χ0n) is 14.3. The lowest BCUT2D eigenvalue weighted by atomic mass is 9.90. The van der Waals surface area contributed by atoms with Crippen molar-refractivity contribution in [2.45, 2.75) is 32.0 Å². The number of halogens is 1. The number of nitrogens with zero attached hydrogens (tertiary/aromatic N) is 1. The molecule has 2 aliphatic heterocycles. The Balaban J connectivity index is 1.82. The van der Waals surface area contributed by atoms with Gasteiger partial charge in [-0.15, -0.1) is 0 Å². The Morgan fingerprint density at radius 3 is 2.88 bits per heavy atom. The Morgan fingerprint density at radius 2 is 2.16 bits per heavy atom. The number of urea groups is 1. The van der Waals surface area contributed by atoms with E-state index in [9.17, 15) is 4.79 Å². The lowest BCUT2D eigenvalue weighted by Gasteiger charge is -2.50. The zero-order chi connectivity index (χ0) is 17.8. The molecule has 2 aromatic rings. The molecule has 2 amide bonds. The number of hydrogen-bond donors (Lipinski definition) is 1. The molecule has 2 atom stereocenters. The molecule has 0 unspecified atom stereocenters. The molecule has 0 radical (unpaired) electrons. The van der Waals surface area contributed by atoms with Crippen molar-refractivity contribution in [3.63, 3.8) is 0 Å². The van der Waals surface area contributed by atoms with Crippen LogP contribution in [0, 0.1) is 6.92 Å². The van der Waals surface area contributed by atoms with Gasteiger partial charge in [-0.1, -0.05) is 29.8 Å². The van der Waals surface area contributed by atoms with Crippen molar-refractivity contribution in [3.8, 4) is 11.5 Å². The molecule has 2 bridgehead atoms. The van der Waals surface area contributed by atoms with Crippen molar-refractivity contribution in [1.82, 2.24) is 5.32 Å². The molecule has 130 valence electrons. The molecule has 2 aliphatic rings. The number of methoxy groups -OCH3 is 1. The third-order valence-electron chi connectivity index (χ3n) is 4.90. The van der Waals surface area contributed by atoms with Gasteiger partial charge in [0.1, 0.15) is 0 Å². The molecule has 1 fully saturated rings. The van der Waals surface area contributed by atoms with Gasteiger partial charge in [-0.05, 0) is 37.6 Å². The van der Waals surface area contributed by atoms with Crippen LogP contribution >= 0.6 is 11.6 Å². The highest BCUT2D eigenvalue weighted by Gasteiger charge is 2.50. The second-order valence-electron chi connectivity index (χ2n) is 6.63. The Bertz CT molecular complexity index is 870. The Morgan fingerprint density at radius 1 is 1.36 bits per heavy atom. The molecule has 0 spiro atoms. The van der Waals surface area contributed by atoms with Gasteiger partial charge in [0.15, 0.2) is 17.2 Å². The van der Waals surface area contributed by atoms with E-state index < -0.39 is 5.72 Å². The fraction of sp³-hybridized carbons (Fsp3) is 0.316. The lowest BCUT2D eigenvalue weighted by molar-refractivity contribution is 0.0349. The van der Waals surface area contributed by atoms with Crippen molar-refractivity contribution in [1.29, 1.82) is 0 Å². The molecule has 1 saturated heterocycles. The van der Waals surface area contributed by atoms with Crippen LogP contribution in [0.5, 0.6) is 11.5 Å². The highest BCUT2D eigenvalue weighted by atomic mass is 35.5. The molecule has 1 N–H and O–H groups in total. The minimum absolute atomic E-state index is 0.117. The van der Waals surface area contributed by atoms with Crippen molar-refractivity contribution < 1.29 is 14.3 Å². The summed E-state index contributed by atoms with van der Waals surface area (Å²) in [5.74, 6) is 1.33. The van der Waals surface area contributed by atoms with Gasteiger partial charge in [0.05, 0.1) is 18.8 Å². The molecule has 25 heavy (non-hydrogen) atoms. The van der Waals surface area contributed by atoms with Crippen molar-refractivity contribution in [2.24, 2.45) is 0 Å². The highest BCUT2D eigenvalue weighted by molar-refractivity contribution is 6.31. The predicted molar refractivity (Wildman–Crippen MR) is 96.6 cm³/mol. The summed E-state index contributed by atoms with van der Waals surface area (Å²) in [6.45, 7) is 3.85. The minimum atomic E-state index is -0.826. The van der Waals surface area contributed by atoms with Crippen LogP contribution in [0.1, 0.15) is 30.5 Å². The second-order valence-corrected chi connectivity index (χ2v) is 7.04. The van der Waals surface area contributed by atoms with Gasteiger partial charge in [0.2, 0.25) is 0 Å². The van der Waals surface area contributed by atoms with Crippen LogP contribution in [0.2, 0.25) is 5.02 Å². The van der Waals surface area contributed by atoms with Crippen LogP contribution < -0.4 is 19.7 Å². The molecular formula is C19H19ClN2O3. The van der Waals surface area contributed by atoms with Gasteiger partial charge in [-0.3, -0.25) is 4.90 Å². The summed E-state index contributed by atoms with van der Waals surface area (Å²) >= 11 is 6.27. The maximum atomic E-state index is 12.8.